The Morgan fingerprint density at radius 1 is 1.53 bits per heavy atom. The van der Waals surface area contributed by atoms with Crippen LogP contribution in [0.3, 0.4) is 0 Å². The third-order valence-electron chi connectivity index (χ3n) is 2.59. The number of pyridine rings is 1. The topological polar surface area (TPSA) is 42.7 Å². The lowest BCUT2D eigenvalue weighted by Crippen LogP contribution is -2.18. The summed E-state index contributed by atoms with van der Waals surface area (Å²) >= 11 is 0. The van der Waals surface area contributed by atoms with Gasteiger partial charge >= 0.3 is 0 Å². The van der Waals surface area contributed by atoms with E-state index in [2.05, 4.69) is 28.9 Å². The van der Waals surface area contributed by atoms with Crippen LogP contribution in [0, 0.1) is 0 Å². The first kappa shape index (κ1) is 11.5. The summed E-state index contributed by atoms with van der Waals surface area (Å²) in [5.41, 5.74) is 2.18. The van der Waals surface area contributed by atoms with E-state index in [1.807, 2.05) is 36.8 Å². The van der Waals surface area contributed by atoms with Crippen LogP contribution in [0.5, 0.6) is 0 Å². The molecule has 0 unspecified atom stereocenters. The molecule has 88 valence electrons. The summed E-state index contributed by atoms with van der Waals surface area (Å²) in [6.45, 7) is 6.52. The molecule has 17 heavy (non-hydrogen) atoms. The van der Waals surface area contributed by atoms with E-state index in [0.29, 0.717) is 0 Å². The average Bonchev–Trinajstić information content (AvgIpc) is 2.85. The van der Waals surface area contributed by atoms with Crippen LogP contribution in [0.1, 0.15) is 24.2 Å². The van der Waals surface area contributed by atoms with Gasteiger partial charge in [-0.3, -0.25) is 4.98 Å². The summed E-state index contributed by atoms with van der Waals surface area (Å²) in [5.74, 6) is 0. The highest BCUT2D eigenvalue weighted by Crippen LogP contribution is 2.09. The van der Waals surface area contributed by atoms with Gasteiger partial charge in [0.1, 0.15) is 0 Å². The van der Waals surface area contributed by atoms with Crippen LogP contribution >= 0.6 is 0 Å². The maximum absolute atomic E-state index is 4.31. The Morgan fingerprint density at radius 2 is 2.41 bits per heavy atom. The summed E-state index contributed by atoms with van der Waals surface area (Å²) in [4.78, 5) is 4.31. The second-order valence-electron chi connectivity index (χ2n) is 3.87. The molecule has 0 aromatic carbocycles. The Labute approximate surface area is 101 Å². The van der Waals surface area contributed by atoms with Gasteiger partial charge < -0.3 is 5.32 Å². The van der Waals surface area contributed by atoms with Gasteiger partial charge in [0.2, 0.25) is 0 Å². The molecule has 0 saturated carbocycles. The first-order valence-corrected chi connectivity index (χ1v) is 5.59. The normalized spacial score (nSPS) is 12.3. The van der Waals surface area contributed by atoms with Crippen molar-refractivity contribution < 1.29 is 0 Å². The highest BCUT2D eigenvalue weighted by atomic mass is 15.2. The van der Waals surface area contributed by atoms with Crippen LogP contribution in [0.2, 0.25) is 0 Å². The van der Waals surface area contributed by atoms with Crippen molar-refractivity contribution in [3.05, 3.63) is 54.6 Å². The van der Waals surface area contributed by atoms with E-state index in [4.69, 9.17) is 0 Å². The molecule has 4 heteroatoms. The maximum atomic E-state index is 4.31. The zero-order valence-electron chi connectivity index (χ0n) is 9.87. The number of rotatable bonds is 5. The highest BCUT2D eigenvalue weighted by molar-refractivity contribution is 5.18. The molecule has 0 spiro atoms. The fraction of sp³-hybridized carbons (Fsp3) is 0.231. The van der Waals surface area contributed by atoms with Gasteiger partial charge in [-0.05, 0) is 19.1 Å². The van der Waals surface area contributed by atoms with Gasteiger partial charge in [-0.15, -0.1) is 0 Å². The van der Waals surface area contributed by atoms with Crippen molar-refractivity contribution in [2.45, 2.75) is 19.5 Å². The fourth-order valence-corrected chi connectivity index (χ4v) is 1.58. The molecule has 0 aliphatic carbocycles. The minimum Gasteiger partial charge on any atom is -0.305 e. The van der Waals surface area contributed by atoms with E-state index in [0.717, 1.165) is 17.8 Å². The fourth-order valence-electron chi connectivity index (χ4n) is 1.58. The van der Waals surface area contributed by atoms with Crippen molar-refractivity contribution in [2.75, 3.05) is 0 Å². The van der Waals surface area contributed by atoms with Crippen LogP contribution in [-0.4, -0.2) is 14.8 Å². The van der Waals surface area contributed by atoms with Crippen LogP contribution in [0.4, 0.5) is 0 Å². The van der Waals surface area contributed by atoms with Crippen molar-refractivity contribution in [2.24, 2.45) is 0 Å². The minimum absolute atomic E-state index is 0.225. The van der Waals surface area contributed by atoms with E-state index in [1.54, 1.807) is 10.9 Å². The van der Waals surface area contributed by atoms with Crippen molar-refractivity contribution >= 4 is 6.20 Å². The molecule has 2 rings (SSSR count). The summed E-state index contributed by atoms with van der Waals surface area (Å²) in [6, 6.07) is 6.16. The monoisotopic (exact) mass is 228 g/mol. The molecule has 2 heterocycles. The molecule has 0 aliphatic rings. The zero-order valence-corrected chi connectivity index (χ0v) is 9.87. The molecule has 0 bridgehead atoms. The van der Waals surface area contributed by atoms with Crippen LogP contribution in [0.25, 0.3) is 6.20 Å². The van der Waals surface area contributed by atoms with E-state index >= 15 is 0 Å². The van der Waals surface area contributed by atoms with Crippen LogP contribution in [0.15, 0.2) is 43.4 Å². The third kappa shape index (κ3) is 3.01. The summed E-state index contributed by atoms with van der Waals surface area (Å²) in [5, 5.41) is 7.53. The first-order valence-electron chi connectivity index (χ1n) is 5.59. The second kappa shape index (κ2) is 5.41. The molecule has 1 N–H and O–H groups in total. The van der Waals surface area contributed by atoms with Crippen molar-refractivity contribution in [3.8, 4) is 0 Å². The molecule has 2 aromatic rings. The molecule has 0 fully saturated rings. The average molecular weight is 228 g/mol. The second-order valence-corrected chi connectivity index (χ2v) is 3.87. The quantitative estimate of drug-likeness (QED) is 0.853. The molecule has 2 aromatic heterocycles. The zero-order chi connectivity index (χ0) is 12.1. The summed E-state index contributed by atoms with van der Waals surface area (Å²) in [6.07, 6.45) is 7.26. The van der Waals surface area contributed by atoms with Crippen molar-refractivity contribution in [1.82, 2.24) is 20.1 Å². The lowest BCUT2D eigenvalue weighted by molar-refractivity contribution is 0.561. The molecular weight excluding hydrogens is 212 g/mol. The van der Waals surface area contributed by atoms with Gasteiger partial charge in [-0.2, -0.15) is 5.10 Å². The number of nitrogens with one attached hydrogen (secondary N) is 1. The van der Waals surface area contributed by atoms with E-state index in [1.165, 1.54) is 0 Å². The van der Waals surface area contributed by atoms with Gasteiger partial charge in [-0.25, -0.2) is 4.68 Å². The first-order chi connectivity index (χ1) is 8.29. The Bertz CT molecular complexity index is 475. The Morgan fingerprint density at radius 3 is 3.06 bits per heavy atom. The standard InChI is InChI=1S/C13H16N4/c1-3-17-10-12(9-16-17)8-15-11(2)13-6-4-5-7-14-13/h3-7,9-11,15H,1,8H2,2H3/t11-/m0/s1. The largest absolute Gasteiger partial charge is 0.305 e. The van der Waals surface area contributed by atoms with Crippen LogP contribution in [-0.2, 0) is 6.54 Å². The highest BCUT2D eigenvalue weighted by Gasteiger charge is 2.05. The Kier molecular flexibility index (Phi) is 3.67. The minimum atomic E-state index is 0.225. The summed E-state index contributed by atoms with van der Waals surface area (Å²) < 4.78 is 1.70. The van der Waals surface area contributed by atoms with Gasteiger partial charge in [0.15, 0.2) is 0 Å². The smallest absolute Gasteiger partial charge is 0.0570 e. The number of aromatic nitrogens is 3. The molecule has 0 amide bonds. The lowest BCUT2D eigenvalue weighted by atomic mass is 10.2. The van der Waals surface area contributed by atoms with Gasteiger partial charge in [0.25, 0.3) is 0 Å². The molecule has 1 atom stereocenters. The molecule has 4 nitrogen and oxygen atoms in total. The van der Waals surface area contributed by atoms with Gasteiger partial charge in [0.05, 0.1) is 11.9 Å². The number of hydrogen-bond acceptors (Lipinski definition) is 3. The predicted molar refractivity (Wildman–Crippen MR) is 68.1 cm³/mol. The number of hydrogen-bond donors (Lipinski definition) is 1. The third-order valence-corrected chi connectivity index (χ3v) is 2.59. The van der Waals surface area contributed by atoms with E-state index < -0.39 is 0 Å². The van der Waals surface area contributed by atoms with Crippen molar-refractivity contribution in [3.63, 3.8) is 0 Å². The molecular formula is C13H16N4. The molecule has 0 radical (unpaired) electrons. The maximum Gasteiger partial charge on any atom is 0.0570 e. The Hall–Kier alpha value is -1.94. The molecule has 0 aliphatic heterocycles. The number of nitrogens with zero attached hydrogens (tertiary/aromatic N) is 3. The van der Waals surface area contributed by atoms with Gasteiger partial charge in [0, 0.05) is 36.7 Å². The van der Waals surface area contributed by atoms with Crippen molar-refractivity contribution in [1.29, 1.82) is 0 Å². The van der Waals surface area contributed by atoms with Crippen LogP contribution < -0.4 is 5.32 Å². The predicted octanol–water partition coefficient (Wildman–Crippen LogP) is 2.23. The SMILES string of the molecule is C=Cn1cc(CN[C@@H](C)c2ccccn2)cn1. The van der Waals surface area contributed by atoms with Gasteiger partial charge in [-0.1, -0.05) is 12.6 Å². The van der Waals surface area contributed by atoms with E-state index in [-0.39, 0.29) is 6.04 Å². The van der Waals surface area contributed by atoms with E-state index in [9.17, 15) is 0 Å². The molecule has 0 saturated heterocycles. The lowest BCUT2D eigenvalue weighted by Gasteiger charge is -2.11. The summed E-state index contributed by atoms with van der Waals surface area (Å²) in [7, 11) is 0. The Balaban J connectivity index is 1.92.